The summed E-state index contributed by atoms with van der Waals surface area (Å²) in [6.07, 6.45) is -3.53. The maximum Gasteiger partial charge on any atom is 0.416 e. The van der Waals surface area contributed by atoms with Gasteiger partial charge >= 0.3 is 6.18 Å². The van der Waals surface area contributed by atoms with E-state index in [2.05, 4.69) is 5.32 Å². The summed E-state index contributed by atoms with van der Waals surface area (Å²) in [5, 5.41) is 2.86. The van der Waals surface area contributed by atoms with Gasteiger partial charge in [0.25, 0.3) is 5.91 Å². The number of fused-ring (bicyclic) bond motifs is 1. The van der Waals surface area contributed by atoms with Crippen LogP contribution < -0.4 is 5.32 Å². The molecule has 36 heavy (non-hydrogen) atoms. The van der Waals surface area contributed by atoms with Gasteiger partial charge in [-0.2, -0.15) is 17.5 Å². The second kappa shape index (κ2) is 10.6. The number of nitrogens with one attached hydrogen (secondary N) is 1. The Kier molecular flexibility index (Phi) is 7.73. The second-order valence-electron chi connectivity index (χ2n) is 8.50. The minimum atomic E-state index is -4.44. The van der Waals surface area contributed by atoms with Crippen LogP contribution in [0.3, 0.4) is 0 Å². The Morgan fingerprint density at radius 3 is 2.42 bits per heavy atom. The highest BCUT2D eigenvalue weighted by atomic mass is 35.5. The van der Waals surface area contributed by atoms with E-state index in [4.69, 9.17) is 11.6 Å². The van der Waals surface area contributed by atoms with Crippen molar-refractivity contribution >= 4 is 33.2 Å². The molecule has 0 atom stereocenters. The predicted octanol–water partition coefficient (Wildman–Crippen LogP) is 5.94. The van der Waals surface area contributed by atoms with E-state index < -0.39 is 27.7 Å². The van der Waals surface area contributed by atoms with E-state index in [-0.39, 0.29) is 18.2 Å². The second-order valence-corrected chi connectivity index (χ2v) is 11.0. The summed E-state index contributed by atoms with van der Waals surface area (Å²) >= 11 is 5.64. The summed E-state index contributed by atoms with van der Waals surface area (Å²) < 4.78 is 65.2. The number of rotatable bonds is 7. The summed E-state index contributed by atoms with van der Waals surface area (Å²) in [7, 11) is -3.38. The molecule has 3 aromatic carbocycles. The molecule has 10 heteroatoms. The smallest absolute Gasteiger partial charge is 0.322 e. The van der Waals surface area contributed by atoms with Crippen molar-refractivity contribution in [3.63, 3.8) is 0 Å². The van der Waals surface area contributed by atoms with E-state index in [1.54, 1.807) is 36.4 Å². The Bertz CT molecular complexity index is 1360. The SMILES string of the molecule is O=C(Nc1ccc2c(c1)CCN(S(=O)(=O)CCCCl)C2)c1ccccc1-c1ccc(C(F)(F)F)cc1. The summed E-state index contributed by atoms with van der Waals surface area (Å²) in [5.74, 6) is -0.0981. The van der Waals surface area contributed by atoms with Gasteiger partial charge < -0.3 is 5.32 Å². The van der Waals surface area contributed by atoms with Crippen LogP contribution in [0.5, 0.6) is 0 Å². The van der Waals surface area contributed by atoms with Gasteiger partial charge in [-0.1, -0.05) is 36.4 Å². The Hall–Kier alpha value is -2.88. The lowest BCUT2D eigenvalue weighted by molar-refractivity contribution is -0.137. The van der Waals surface area contributed by atoms with Gasteiger partial charge in [0.15, 0.2) is 0 Å². The molecule has 5 nitrogen and oxygen atoms in total. The van der Waals surface area contributed by atoms with Gasteiger partial charge in [0.05, 0.1) is 11.3 Å². The summed E-state index contributed by atoms with van der Waals surface area (Å²) in [6.45, 7) is 0.622. The molecule has 0 saturated carbocycles. The van der Waals surface area contributed by atoms with Crippen LogP contribution >= 0.6 is 11.6 Å². The van der Waals surface area contributed by atoms with Gasteiger partial charge in [-0.3, -0.25) is 4.79 Å². The Labute approximate surface area is 212 Å². The first-order chi connectivity index (χ1) is 17.1. The number of sulfonamides is 1. The standard InChI is InChI=1S/C26H24ClF3N2O3S/c27-13-3-15-36(34,35)32-14-12-19-16-22(11-8-20(19)17-32)31-25(33)24-5-2-1-4-23(24)18-6-9-21(10-7-18)26(28,29)30/h1-2,4-11,16H,3,12-15,17H2,(H,31,33). The van der Waals surface area contributed by atoms with Crippen molar-refractivity contribution in [1.82, 2.24) is 4.31 Å². The first-order valence-electron chi connectivity index (χ1n) is 11.3. The highest BCUT2D eigenvalue weighted by molar-refractivity contribution is 7.89. The minimum absolute atomic E-state index is 0.0122. The zero-order chi connectivity index (χ0) is 25.9. The average Bonchev–Trinajstić information content (AvgIpc) is 2.86. The monoisotopic (exact) mass is 536 g/mol. The number of carbonyl (C=O) groups excluding carboxylic acids is 1. The van der Waals surface area contributed by atoms with Gasteiger partial charge in [0.1, 0.15) is 0 Å². The molecule has 1 aliphatic rings. The van der Waals surface area contributed by atoms with E-state index in [0.717, 1.165) is 23.3 Å². The van der Waals surface area contributed by atoms with E-state index >= 15 is 0 Å². The highest BCUT2D eigenvalue weighted by Gasteiger charge is 2.30. The van der Waals surface area contributed by atoms with Crippen molar-refractivity contribution in [3.8, 4) is 11.1 Å². The zero-order valence-electron chi connectivity index (χ0n) is 19.2. The first-order valence-corrected chi connectivity index (χ1v) is 13.5. The fourth-order valence-electron chi connectivity index (χ4n) is 4.18. The topological polar surface area (TPSA) is 66.5 Å². The quantitative estimate of drug-likeness (QED) is 0.380. The van der Waals surface area contributed by atoms with E-state index in [1.165, 1.54) is 16.4 Å². The molecular formula is C26H24ClF3N2O3S. The molecule has 190 valence electrons. The first kappa shape index (κ1) is 26.2. The lowest BCUT2D eigenvalue weighted by Gasteiger charge is -2.28. The third kappa shape index (κ3) is 5.91. The number of alkyl halides is 4. The fraction of sp³-hybridized carbons (Fsp3) is 0.269. The number of nitrogens with zero attached hydrogens (tertiary/aromatic N) is 1. The van der Waals surface area contributed by atoms with Gasteiger partial charge in [-0.15, -0.1) is 11.6 Å². The van der Waals surface area contributed by atoms with Crippen molar-refractivity contribution in [2.75, 3.05) is 23.5 Å². The molecule has 0 spiro atoms. The Morgan fingerprint density at radius 1 is 1.00 bits per heavy atom. The zero-order valence-corrected chi connectivity index (χ0v) is 20.8. The number of benzene rings is 3. The van der Waals surface area contributed by atoms with Crippen molar-refractivity contribution in [2.45, 2.75) is 25.6 Å². The maximum atomic E-state index is 13.1. The lowest BCUT2D eigenvalue weighted by Crippen LogP contribution is -2.37. The summed E-state index contributed by atoms with van der Waals surface area (Å²) in [5.41, 5.74) is 2.96. The molecule has 0 saturated heterocycles. The van der Waals surface area contributed by atoms with Gasteiger partial charge in [-0.25, -0.2) is 8.42 Å². The number of carbonyl (C=O) groups is 1. The Balaban J connectivity index is 1.51. The minimum Gasteiger partial charge on any atom is -0.322 e. The predicted molar refractivity (Wildman–Crippen MR) is 135 cm³/mol. The molecule has 0 unspecified atom stereocenters. The fourth-order valence-corrected chi connectivity index (χ4v) is 5.94. The van der Waals surface area contributed by atoms with Crippen molar-refractivity contribution in [3.05, 3.63) is 89.0 Å². The Morgan fingerprint density at radius 2 is 1.72 bits per heavy atom. The molecule has 0 aliphatic carbocycles. The van der Waals surface area contributed by atoms with E-state index in [0.29, 0.717) is 41.8 Å². The van der Waals surface area contributed by atoms with Crippen molar-refractivity contribution in [2.24, 2.45) is 0 Å². The largest absolute Gasteiger partial charge is 0.416 e. The molecule has 1 heterocycles. The average molecular weight is 537 g/mol. The molecule has 1 aliphatic heterocycles. The molecule has 4 rings (SSSR count). The van der Waals surface area contributed by atoms with Crippen LogP contribution in [0.4, 0.5) is 18.9 Å². The maximum absolute atomic E-state index is 13.1. The van der Waals surface area contributed by atoms with Crippen LogP contribution in [0.25, 0.3) is 11.1 Å². The van der Waals surface area contributed by atoms with Crippen LogP contribution in [0, 0.1) is 0 Å². The van der Waals surface area contributed by atoms with Crippen LogP contribution in [0.15, 0.2) is 66.7 Å². The van der Waals surface area contributed by atoms with Gasteiger partial charge in [0.2, 0.25) is 10.0 Å². The number of hydrogen-bond acceptors (Lipinski definition) is 3. The molecule has 0 fully saturated rings. The molecule has 1 amide bonds. The third-order valence-electron chi connectivity index (χ3n) is 6.07. The molecule has 0 bridgehead atoms. The number of halogens is 4. The van der Waals surface area contributed by atoms with Crippen LogP contribution in [-0.4, -0.2) is 36.8 Å². The van der Waals surface area contributed by atoms with Crippen LogP contribution in [0.1, 0.15) is 33.5 Å². The lowest BCUT2D eigenvalue weighted by atomic mass is 9.97. The molecule has 0 radical (unpaired) electrons. The highest BCUT2D eigenvalue weighted by Crippen LogP contribution is 2.32. The summed E-state index contributed by atoms with van der Waals surface area (Å²) in [6, 6.07) is 16.7. The van der Waals surface area contributed by atoms with E-state index in [9.17, 15) is 26.4 Å². The van der Waals surface area contributed by atoms with Crippen molar-refractivity contribution in [1.29, 1.82) is 0 Å². The third-order valence-corrected chi connectivity index (χ3v) is 8.24. The molecule has 1 N–H and O–H groups in total. The van der Waals surface area contributed by atoms with Gasteiger partial charge in [-0.05, 0) is 65.4 Å². The normalized spacial score (nSPS) is 14.3. The van der Waals surface area contributed by atoms with E-state index in [1.807, 2.05) is 6.07 Å². The van der Waals surface area contributed by atoms with Crippen LogP contribution in [-0.2, 0) is 29.2 Å². The molecular weight excluding hydrogens is 513 g/mol. The number of hydrogen-bond donors (Lipinski definition) is 1. The number of amides is 1. The molecule has 3 aromatic rings. The van der Waals surface area contributed by atoms with Gasteiger partial charge in [0, 0.05) is 30.2 Å². The van der Waals surface area contributed by atoms with Crippen LogP contribution in [0.2, 0.25) is 0 Å². The molecule has 0 aromatic heterocycles. The summed E-state index contributed by atoms with van der Waals surface area (Å²) in [4.78, 5) is 13.1. The number of anilines is 1. The van der Waals surface area contributed by atoms with Crippen molar-refractivity contribution < 1.29 is 26.4 Å².